The molecule has 46 heavy (non-hydrogen) atoms. The van der Waals surface area contributed by atoms with E-state index in [9.17, 15) is 40.5 Å². The summed E-state index contributed by atoms with van der Waals surface area (Å²) >= 11 is 0. The summed E-state index contributed by atoms with van der Waals surface area (Å²) in [6, 6.07) is 0. The van der Waals surface area contributed by atoms with Gasteiger partial charge in [0, 0.05) is 11.3 Å². The van der Waals surface area contributed by atoms with Gasteiger partial charge in [0.05, 0.1) is 30.3 Å². The van der Waals surface area contributed by atoms with E-state index in [1.165, 1.54) is 0 Å². The van der Waals surface area contributed by atoms with Crippen molar-refractivity contribution in [3.05, 3.63) is 11.6 Å². The maximum atomic E-state index is 14.5. The Bertz CT molecular complexity index is 1240. The molecule has 10 heteroatoms. The summed E-state index contributed by atoms with van der Waals surface area (Å²) in [6.07, 6.45) is 0.492. The second-order valence-electron chi connectivity index (χ2n) is 17.4. The number of aliphatic hydroxyl groups excluding tert-OH is 6. The number of hydrogen-bond acceptors (Lipinski definition) is 10. The van der Waals surface area contributed by atoms with Crippen LogP contribution in [-0.2, 0) is 14.3 Å². The maximum Gasteiger partial charge on any atom is 0.315 e. The van der Waals surface area contributed by atoms with Crippen LogP contribution in [0.5, 0.6) is 0 Å². The molecule has 5 aliphatic carbocycles. The molecule has 0 radical (unpaired) electrons. The summed E-state index contributed by atoms with van der Waals surface area (Å²) in [5.41, 5.74) is -2.34. The summed E-state index contributed by atoms with van der Waals surface area (Å²) in [6.45, 7) is 12.3. The highest BCUT2D eigenvalue weighted by molar-refractivity contribution is 5.79. The first-order valence-electron chi connectivity index (χ1n) is 17.6. The SMILES string of the molecule is C[C@@H]1CC[C@]2(C(=O)OC3OC(CO)C(O)C(O)C3O)CC[C@]3(C)C(=CCC4[C@@]5(C)CC[C@H](O)[C@@](C)(CO)[C@@H]5CC[C@]43C)C2[C@]1(C)O. The molecule has 7 N–H and O–H groups in total. The largest absolute Gasteiger partial charge is 0.432 e. The highest BCUT2D eigenvalue weighted by atomic mass is 16.7. The number of fused-ring (bicyclic) bond motifs is 7. The normalized spacial score (nSPS) is 56.8. The number of rotatable bonds is 4. The zero-order valence-electron chi connectivity index (χ0n) is 28.5. The Morgan fingerprint density at radius 1 is 0.891 bits per heavy atom. The van der Waals surface area contributed by atoms with E-state index >= 15 is 0 Å². The molecule has 0 amide bonds. The van der Waals surface area contributed by atoms with Gasteiger partial charge in [-0.25, -0.2) is 0 Å². The third kappa shape index (κ3) is 4.39. The fourth-order valence-corrected chi connectivity index (χ4v) is 12.3. The number of ether oxygens (including phenoxy) is 2. The zero-order chi connectivity index (χ0) is 33.8. The van der Waals surface area contributed by atoms with Gasteiger partial charge in [0.2, 0.25) is 6.29 Å². The highest BCUT2D eigenvalue weighted by Gasteiger charge is 2.72. The Morgan fingerprint density at radius 2 is 1.59 bits per heavy atom. The van der Waals surface area contributed by atoms with Gasteiger partial charge in [-0.05, 0) is 98.7 Å². The lowest BCUT2D eigenvalue weighted by Crippen LogP contribution is -2.68. The molecule has 7 unspecified atom stereocenters. The Balaban J connectivity index is 1.39. The molecule has 1 aliphatic heterocycles. The molecule has 5 fully saturated rings. The Morgan fingerprint density at radius 3 is 2.24 bits per heavy atom. The number of aliphatic hydroxyl groups is 7. The van der Waals surface area contributed by atoms with Gasteiger partial charge >= 0.3 is 5.97 Å². The van der Waals surface area contributed by atoms with Crippen molar-refractivity contribution in [1.29, 1.82) is 0 Å². The lowest BCUT2D eigenvalue weighted by Gasteiger charge is -2.72. The van der Waals surface area contributed by atoms with Gasteiger partial charge < -0.3 is 45.2 Å². The number of esters is 1. The van der Waals surface area contributed by atoms with Crippen molar-refractivity contribution < 1.29 is 50.0 Å². The second kappa shape index (κ2) is 11.2. The fraction of sp³-hybridized carbons (Fsp3) is 0.917. The molecule has 16 atom stereocenters. The van der Waals surface area contributed by atoms with Crippen LogP contribution in [0.2, 0.25) is 0 Å². The van der Waals surface area contributed by atoms with Gasteiger partial charge in [-0.2, -0.15) is 0 Å². The number of allylic oxidation sites excluding steroid dienone is 1. The first-order chi connectivity index (χ1) is 21.4. The average Bonchev–Trinajstić information content (AvgIpc) is 3.01. The second-order valence-corrected chi connectivity index (χ2v) is 17.4. The molecular formula is C36H58O10. The molecule has 6 rings (SSSR count). The molecular weight excluding hydrogens is 592 g/mol. The average molecular weight is 651 g/mol. The zero-order valence-corrected chi connectivity index (χ0v) is 28.5. The van der Waals surface area contributed by atoms with Crippen molar-refractivity contribution >= 4 is 5.97 Å². The molecule has 0 spiro atoms. The standard InChI is InChI=1S/C36H58O10/c1-19-9-14-36(30(43)46-29-27(42)26(41)25(40)21(17-37)45-29)16-15-33(4)20(28(36)35(19,6)44)7-8-23-31(2)12-11-24(39)32(3,18-38)22(31)10-13-34(23,33)5/h7,19,21-29,37-42,44H,8-18H2,1-6H3/t19-,21?,22-,23?,24+,25?,26?,27?,28?,29?,31+,32+,33-,34-,35-,36+/m1/s1. The van der Waals surface area contributed by atoms with Crippen LogP contribution >= 0.6 is 0 Å². The maximum absolute atomic E-state index is 14.5. The Kier molecular flexibility index (Phi) is 8.46. The van der Waals surface area contributed by atoms with Crippen LogP contribution < -0.4 is 0 Å². The van der Waals surface area contributed by atoms with E-state index < -0.39 is 71.7 Å². The minimum Gasteiger partial charge on any atom is -0.432 e. The van der Waals surface area contributed by atoms with Crippen LogP contribution in [0.15, 0.2) is 11.6 Å². The van der Waals surface area contributed by atoms with Crippen molar-refractivity contribution in [2.24, 2.45) is 50.7 Å². The van der Waals surface area contributed by atoms with Gasteiger partial charge in [-0.15, -0.1) is 0 Å². The van der Waals surface area contributed by atoms with Crippen LogP contribution in [0.3, 0.4) is 0 Å². The van der Waals surface area contributed by atoms with Crippen molar-refractivity contribution in [2.45, 2.75) is 142 Å². The molecule has 1 heterocycles. The van der Waals surface area contributed by atoms with E-state index in [-0.39, 0.29) is 34.7 Å². The third-order valence-electron chi connectivity index (χ3n) is 15.7. The summed E-state index contributed by atoms with van der Waals surface area (Å²) < 4.78 is 11.5. The van der Waals surface area contributed by atoms with Gasteiger partial charge in [0.1, 0.15) is 24.4 Å². The highest BCUT2D eigenvalue weighted by Crippen LogP contribution is 2.76. The minimum absolute atomic E-state index is 0.0435. The summed E-state index contributed by atoms with van der Waals surface area (Å²) in [7, 11) is 0. The monoisotopic (exact) mass is 650 g/mol. The first-order valence-corrected chi connectivity index (χ1v) is 17.6. The molecule has 6 aliphatic rings. The van der Waals surface area contributed by atoms with E-state index in [0.29, 0.717) is 38.0 Å². The number of carbonyl (C=O) groups is 1. The van der Waals surface area contributed by atoms with Crippen molar-refractivity contribution in [3.8, 4) is 0 Å². The van der Waals surface area contributed by atoms with Crippen LogP contribution in [-0.4, -0.2) is 97.3 Å². The molecule has 10 nitrogen and oxygen atoms in total. The first kappa shape index (κ1) is 34.7. The molecule has 262 valence electrons. The molecule has 1 saturated heterocycles. The third-order valence-corrected chi connectivity index (χ3v) is 15.7. The van der Waals surface area contributed by atoms with E-state index in [1.807, 2.05) is 20.8 Å². The molecule has 0 aromatic heterocycles. The van der Waals surface area contributed by atoms with E-state index in [2.05, 4.69) is 26.8 Å². The van der Waals surface area contributed by atoms with Gasteiger partial charge in [0.15, 0.2) is 0 Å². The molecule has 0 aromatic rings. The summed E-state index contributed by atoms with van der Waals surface area (Å²) in [5, 5.41) is 75.0. The predicted molar refractivity (Wildman–Crippen MR) is 168 cm³/mol. The van der Waals surface area contributed by atoms with Crippen LogP contribution in [0.1, 0.15) is 99.3 Å². The minimum atomic E-state index is -1.70. The number of hydrogen-bond donors (Lipinski definition) is 7. The predicted octanol–water partition coefficient (Wildman–Crippen LogP) is 2.44. The summed E-state index contributed by atoms with van der Waals surface area (Å²) in [5.74, 6) is -0.749. The van der Waals surface area contributed by atoms with Crippen molar-refractivity contribution in [3.63, 3.8) is 0 Å². The molecule has 4 saturated carbocycles. The van der Waals surface area contributed by atoms with Crippen molar-refractivity contribution in [1.82, 2.24) is 0 Å². The van der Waals surface area contributed by atoms with Gasteiger partial charge in [0.25, 0.3) is 0 Å². The Hall–Kier alpha value is -1.11. The Labute approximate surface area is 273 Å². The smallest absolute Gasteiger partial charge is 0.315 e. The van der Waals surface area contributed by atoms with E-state index in [1.54, 1.807) is 0 Å². The van der Waals surface area contributed by atoms with Crippen molar-refractivity contribution in [2.75, 3.05) is 13.2 Å². The van der Waals surface area contributed by atoms with Crippen LogP contribution in [0.4, 0.5) is 0 Å². The quantitative estimate of drug-likeness (QED) is 0.177. The van der Waals surface area contributed by atoms with Gasteiger partial charge in [-0.3, -0.25) is 4.79 Å². The molecule has 0 aromatic carbocycles. The summed E-state index contributed by atoms with van der Waals surface area (Å²) in [4.78, 5) is 14.5. The lowest BCUT2D eigenvalue weighted by molar-refractivity contribution is -0.299. The lowest BCUT2D eigenvalue weighted by atomic mass is 9.33. The topological polar surface area (TPSA) is 177 Å². The fourth-order valence-electron chi connectivity index (χ4n) is 12.3. The van der Waals surface area contributed by atoms with E-state index in [4.69, 9.17) is 9.47 Å². The van der Waals surface area contributed by atoms with Crippen LogP contribution in [0.25, 0.3) is 0 Å². The van der Waals surface area contributed by atoms with Gasteiger partial charge in [-0.1, -0.05) is 46.3 Å². The number of carbonyl (C=O) groups excluding carboxylic acids is 1. The van der Waals surface area contributed by atoms with Crippen LogP contribution in [0, 0.1) is 50.7 Å². The molecule has 0 bridgehead atoms. The van der Waals surface area contributed by atoms with E-state index in [0.717, 1.165) is 31.3 Å².